The van der Waals surface area contributed by atoms with Gasteiger partial charge in [0.1, 0.15) is 6.17 Å². The van der Waals surface area contributed by atoms with Crippen molar-refractivity contribution in [2.75, 3.05) is 13.2 Å². The van der Waals surface area contributed by atoms with Crippen LogP contribution in [0.5, 0.6) is 0 Å². The van der Waals surface area contributed by atoms with E-state index in [0.29, 0.717) is 25.5 Å². The van der Waals surface area contributed by atoms with Crippen molar-refractivity contribution >= 4 is 28.7 Å². The number of carbonyl (C=O) groups excluding carboxylic acids is 1. The zero-order valence-corrected chi connectivity index (χ0v) is 10.8. The molecule has 0 aromatic rings. The third kappa shape index (κ3) is 1.94. The number of halogens is 2. The molecule has 0 spiro atoms. The standard InChI is InChI=1S/C10H15FINO2/c1-2-15-10(14)13-5-6-3-4-7(11)9(13)8(6)12/h6-9H,2-5H2,1H3/t6?,7-,8+,9?/m1/s1. The van der Waals surface area contributed by atoms with E-state index in [9.17, 15) is 9.18 Å². The molecule has 2 rings (SSSR count). The van der Waals surface area contributed by atoms with Crippen LogP contribution in [0.3, 0.4) is 0 Å². The van der Waals surface area contributed by atoms with Crippen molar-refractivity contribution in [1.29, 1.82) is 0 Å². The number of alkyl halides is 2. The molecule has 1 aliphatic carbocycles. The van der Waals surface area contributed by atoms with Crippen LogP contribution in [-0.2, 0) is 4.74 Å². The first-order chi connectivity index (χ1) is 7.15. The molecule has 2 aliphatic rings. The first kappa shape index (κ1) is 11.4. The van der Waals surface area contributed by atoms with Crippen molar-refractivity contribution < 1.29 is 13.9 Å². The van der Waals surface area contributed by atoms with Gasteiger partial charge in [-0.15, -0.1) is 0 Å². The van der Waals surface area contributed by atoms with Gasteiger partial charge in [-0.1, -0.05) is 22.6 Å². The molecule has 1 saturated heterocycles. The van der Waals surface area contributed by atoms with Crippen LogP contribution in [0.25, 0.3) is 0 Å². The Morgan fingerprint density at radius 2 is 2.33 bits per heavy atom. The average molecular weight is 327 g/mol. The zero-order chi connectivity index (χ0) is 11.0. The quantitative estimate of drug-likeness (QED) is 0.547. The Hall–Kier alpha value is -0.0700. The Morgan fingerprint density at radius 1 is 1.60 bits per heavy atom. The number of rotatable bonds is 1. The Kier molecular flexibility index (Phi) is 3.37. The summed E-state index contributed by atoms with van der Waals surface area (Å²) in [6.45, 7) is 2.79. The van der Waals surface area contributed by atoms with E-state index in [0.717, 1.165) is 6.42 Å². The fourth-order valence-corrected chi connectivity index (χ4v) is 3.94. The molecule has 2 fully saturated rings. The van der Waals surface area contributed by atoms with Crippen LogP contribution >= 0.6 is 22.6 Å². The van der Waals surface area contributed by atoms with Crippen molar-refractivity contribution in [2.45, 2.75) is 35.9 Å². The topological polar surface area (TPSA) is 29.5 Å². The average Bonchev–Trinajstić information content (AvgIpc) is 2.40. The monoisotopic (exact) mass is 327 g/mol. The predicted octanol–water partition coefficient (Wildman–Crippen LogP) is 2.38. The summed E-state index contributed by atoms with van der Waals surface area (Å²) in [5.74, 6) is 0.451. The number of ether oxygens (including phenoxy) is 1. The number of nitrogens with zero attached hydrogens (tertiary/aromatic N) is 1. The van der Waals surface area contributed by atoms with Gasteiger partial charge in [0.25, 0.3) is 0 Å². The lowest BCUT2D eigenvalue weighted by Crippen LogP contribution is -2.45. The maximum Gasteiger partial charge on any atom is 0.410 e. The molecular formula is C10H15FINO2. The fourth-order valence-electron chi connectivity index (χ4n) is 2.52. The van der Waals surface area contributed by atoms with Crippen molar-refractivity contribution in [1.82, 2.24) is 4.90 Å². The largest absolute Gasteiger partial charge is 0.450 e. The van der Waals surface area contributed by atoms with Crippen LogP contribution in [0, 0.1) is 5.92 Å². The van der Waals surface area contributed by atoms with Gasteiger partial charge >= 0.3 is 6.09 Å². The highest BCUT2D eigenvalue weighted by molar-refractivity contribution is 14.1. The van der Waals surface area contributed by atoms with Crippen LogP contribution in [0.15, 0.2) is 0 Å². The van der Waals surface area contributed by atoms with Gasteiger partial charge in [-0.25, -0.2) is 9.18 Å². The van der Waals surface area contributed by atoms with Crippen LogP contribution < -0.4 is 0 Å². The SMILES string of the molecule is CCOC(=O)N1CC2CC[C@@H](F)C1[C@H]2I. The second-order valence-corrected chi connectivity index (χ2v) is 5.58. The molecule has 86 valence electrons. The maximum absolute atomic E-state index is 13.7. The molecule has 0 N–H and O–H groups in total. The molecule has 1 aliphatic heterocycles. The fraction of sp³-hybridized carbons (Fsp3) is 0.900. The number of fused-ring (bicyclic) bond motifs is 2. The highest BCUT2D eigenvalue weighted by atomic mass is 127. The molecule has 1 saturated carbocycles. The Morgan fingerprint density at radius 3 is 3.00 bits per heavy atom. The zero-order valence-electron chi connectivity index (χ0n) is 8.66. The maximum atomic E-state index is 13.7. The molecule has 4 atom stereocenters. The van der Waals surface area contributed by atoms with E-state index in [2.05, 4.69) is 22.6 Å². The Labute approximate surface area is 102 Å². The van der Waals surface area contributed by atoms with Gasteiger partial charge in [0.15, 0.2) is 0 Å². The summed E-state index contributed by atoms with van der Waals surface area (Å²) in [7, 11) is 0. The van der Waals surface area contributed by atoms with Gasteiger partial charge in [-0.05, 0) is 25.7 Å². The lowest BCUT2D eigenvalue weighted by Gasteiger charge is -2.30. The minimum Gasteiger partial charge on any atom is -0.450 e. The van der Waals surface area contributed by atoms with Crippen LogP contribution in [-0.4, -0.2) is 40.3 Å². The molecule has 0 aromatic heterocycles. The third-order valence-electron chi connectivity index (χ3n) is 3.25. The van der Waals surface area contributed by atoms with Crippen LogP contribution in [0.4, 0.5) is 9.18 Å². The van der Waals surface area contributed by atoms with Gasteiger partial charge in [-0.2, -0.15) is 0 Å². The molecule has 2 bridgehead atoms. The van der Waals surface area contributed by atoms with Gasteiger partial charge in [-0.3, -0.25) is 0 Å². The minimum absolute atomic E-state index is 0.246. The van der Waals surface area contributed by atoms with E-state index < -0.39 is 6.17 Å². The number of likely N-dealkylation sites (tertiary alicyclic amines) is 1. The van der Waals surface area contributed by atoms with Crippen LogP contribution in [0.1, 0.15) is 19.8 Å². The summed E-state index contributed by atoms with van der Waals surface area (Å²) < 4.78 is 18.9. The van der Waals surface area contributed by atoms with E-state index in [1.165, 1.54) is 0 Å². The molecular weight excluding hydrogens is 312 g/mol. The highest BCUT2D eigenvalue weighted by Gasteiger charge is 2.50. The molecule has 0 aromatic carbocycles. The number of carbonyl (C=O) groups is 1. The predicted molar refractivity (Wildman–Crippen MR) is 62.9 cm³/mol. The summed E-state index contributed by atoms with van der Waals surface area (Å²) in [6, 6.07) is -0.261. The minimum atomic E-state index is -0.880. The van der Waals surface area contributed by atoms with Crippen LogP contribution in [0.2, 0.25) is 0 Å². The van der Waals surface area contributed by atoms with Crippen molar-refractivity contribution in [3.05, 3.63) is 0 Å². The van der Waals surface area contributed by atoms with E-state index in [1.54, 1.807) is 11.8 Å². The molecule has 2 unspecified atom stereocenters. The molecule has 1 amide bonds. The summed E-state index contributed by atoms with van der Waals surface area (Å²) in [4.78, 5) is 13.2. The number of hydrogen-bond donors (Lipinski definition) is 0. The first-order valence-corrected chi connectivity index (χ1v) is 6.61. The van der Waals surface area contributed by atoms with E-state index >= 15 is 0 Å². The van der Waals surface area contributed by atoms with Gasteiger partial charge in [0, 0.05) is 10.5 Å². The van der Waals surface area contributed by atoms with Gasteiger partial charge in [0.05, 0.1) is 12.6 Å². The second-order valence-electron chi connectivity index (χ2n) is 4.14. The Balaban J connectivity index is 2.11. The highest BCUT2D eigenvalue weighted by Crippen LogP contribution is 2.41. The molecule has 0 radical (unpaired) electrons. The summed E-state index contributed by atoms with van der Waals surface area (Å²) >= 11 is 2.27. The summed E-state index contributed by atoms with van der Waals surface area (Å²) in [5, 5.41) is 0. The lowest BCUT2D eigenvalue weighted by molar-refractivity contribution is 0.0846. The number of hydrogen-bond acceptors (Lipinski definition) is 2. The van der Waals surface area contributed by atoms with Crippen molar-refractivity contribution in [3.8, 4) is 0 Å². The van der Waals surface area contributed by atoms with Gasteiger partial charge in [0.2, 0.25) is 0 Å². The second kappa shape index (κ2) is 4.43. The summed E-state index contributed by atoms with van der Waals surface area (Å²) in [5.41, 5.74) is 0. The normalized spacial score (nSPS) is 39.3. The molecule has 5 heteroatoms. The smallest absolute Gasteiger partial charge is 0.410 e. The summed E-state index contributed by atoms with van der Waals surface area (Å²) in [6.07, 6.45) is 0.248. The first-order valence-electron chi connectivity index (χ1n) is 5.36. The van der Waals surface area contributed by atoms with Crippen molar-refractivity contribution in [2.24, 2.45) is 5.92 Å². The third-order valence-corrected chi connectivity index (χ3v) is 5.01. The molecule has 3 nitrogen and oxygen atoms in total. The van der Waals surface area contributed by atoms with E-state index in [4.69, 9.17) is 4.74 Å². The van der Waals surface area contributed by atoms with E-state index in [1.807, 2.05) is 0 Å². The molecule has 15 heavy (non-hydrogen) atoms. The molecule has 1 heterocycles. The van der Waals surface area contributed by atoms with E-state index in [-0.39, 0.29) is 16.1 Å². The number of amides is 1. The Bertz CT molecular complexity index is 264. The lowest BCUT2D eigenvalue weighted by atomic mass is 9.89. The van der Waals surface area contributed by atoms with Crippen molar-refractivity contribution in [3.63, 3.8) is 0 Å². The van der Waals surface area contributed by atoms with Gasteiger partial charge < -0.3 is 9.64 Å².